The van der Waals surface area contributed by atoms with Gasteiger partial charge in [0.1, 0.15) is 6.04 Å². The van der Waals surface area contributed by atoms with E-state index in [9.17, 15) is 9.59 Å². The highest BCUT2D eigenvalue weighted by Gasteiger charge is 2.29. The molecule has 2 aromatic carbocycles. The molecule has 25 heavy (non-hydrogen) atoms. The van der Waals surface area contributed by atoms with Crippen molar-refractivity contribution in [3.05, 3.63) is 65.2 Å². The molecular formula is C20H22N2O3. The number of aryl methyl sites for hydroxylation is 1. The minimum absolute atomic E-state index is 0.102. The third-order valence-electron chi connectivity index (χ3n) is 4.54. The van der Waals surface area contributed by atoms with E-state index in [4.69, 9.17) is 4.74 Å². The average molecular weight is 338 g/mol. The van der Waals surface area contributed by atoms with Crippen molar-refractivity contribution in [1.82, 2.24) is 5.32 Å². The van der Waals surface area contributed by atoms with E-state index in [-0.39, 0.29) is 24.3 Å². The molecular weight excluding hydrogens is 316 g/mol. The van der Waals surface area contributed by atoms with E-state index in [2.05, 4.69) is 10.6 Å². The summed E-state index contributed by atoms with van der Waals surface area (Å²) in [7, 11) is 1.35. The fourth-order valence-electron chi connectivity index (χ4n) is 3.17. The number of carbonyl (C=O) groups excluding carboxylic acids is 2. The van der Waals surface area contributed by atoms with Gasteiger partial charge in [-0.2, -0.15) is 0 Å². The summed E-state index contributed by atoms with van der Waals surface area (Å²) < 4.78 is 4.77. The van der Waals surface area contributed by atoms with E-state index < -0.39 is 6.04 Å². The number of hydrogen-bond donors (Lipinski definition) is 2. The summed E-state index contributed by atoms with van der Waals surface area (Å²) in [6.45, 7) is 2.02. The molecule has 0 spiro atoms. The van der Waals surface area contributed by atoms with Gasteiger partial charge in [-0.05, 0) is 23.6 Å². The maximum Gasteiger partial charge on any atom is 0.307 e. The first kappa shape index (κ1) is 17.0. The van der Waals surface area contributed by atoms with Crippen molar-refractivity contribution in [2.75, 3.05) is 12.4 Å². The lowest BCUT2D eigenvalue weighted by atomic mass is 10.0. The maximum atomic E-state index is 12.8. The highest BCUT2D eigenvalue weighted by atomic mass is 16.5. The molecule has 1 aliphatic rings. The van der Waals surface area contributed by atoms with E-state index in [1.165, 1.54) is 7.11 Å². The van der Waals surface area contributed by atoms with Gasteiger partial charge in [-0.25, -0.2) is 0 Å². The molecule has 1 heterocycles. The number of benzene rings is 2. The van der Waals surface area contributed by atoms with Gasteiger partial charge in [0.2, 0.25) is 5.91 Å². The van der Waals surface area contributed by atoms with Crippen LogP contribution in [-0.4, -0.2) is 25.0 Å². The van der Waals surface area contributed by atoms with Crippen LogP contribution in [0.15, 0.2) is 48.5 Å². The molecule has 0 saturated heterocycles. The van der Waals surface area contributed by atoms with Crippen LogP contribution >= 0.6 is 0 Å². The van der Waals surface area contributed by atoms with E-state index in [0.717, 1.165) is 22.4 Å². The Kier molecular flexibility index (Phi) is 5.03. The second-order valence-electron chi connectivity index (χ2n) is 6.26. The van der Waals surface area contributed by atoms with Crippen molar-refractivity contribution in [3.8, 4) is 0 Å². The van der Waals surface area contributed by atoms with Gasteiger partial charge in [0.15, 0.2) is 0 Å². The van der Waals surface area contributed by atoms with E-state index in [1.54, 1.807) is 0 Å². The van der Waals surface area contributed by atoms with Gasteiger partial charge in [0, 0.05) is 12.1 Å². The molecule has 0 bridgehead atoms. The standard InChI is InChI=1S/C20H22N2O3/c1-13-7-6-10-15-11-17(21-19(13)15)20(24)22-16(12-18(23)25-2)14-8-4-3-5-9-14/h3-10,16-17,21H,11-12H2,1-2H3,(H,22,24)/t16-,17?/m0/s1. The summed E-state index contributed by atoms with van der Waals surface area (Å²) in [5, 5.41) is 6.29. The summed E-state index contributed by atoms with van der Waals surface area (Å²) in [5.41, 5.74) is 4.19. The molecule has 2 atom stereocenters. The average Bonchev–Trinajstić information content (AvgIpc) is 3.07. The number of methoxy groups -OCH3 is 1. The van der Waals surface area contributed by atoms with Crippen LogP contribution in [0.5, 0.6) is 0 Å². The highest BCUT2D eigenvalue weighted by Crippen LogP contribution is 2.29. The third kappa shape index (κ3) is 3.82. The number of anilines is 1. The molecule has 5 heteroatoms. The number of carbonyl (C=O) groups is 2. The minimum Gasteiger partial charge on any atom is -0.469 e. The first-order valence-electron chi connectivity index (χ1n) is 8.35. The fourth-order valence-corrected chi connectivity index (χ4v) is 3.17. The summed E-state index contributed by atoms with van der Waals surface area (Å²) in [5.74, 6) is -0.471. The van der Waals surface area contributed by atoms with Gasteiger partial charge >= 0.3 is 5.97 Å². The molecule has 0 radical (unpaired) electrons. The number of amides is 1. The molecule has 2 N–H and O–H groups in total. The highest BCUT2D eigenvalue weighted by molar-refractivity contribution is 5.88. The Morgan fingerprint density at radius 3 is 2.64 bits per heavy atom. The van der Waals surface area contributed by atoms with Gasteiger partial charge in [-0.1, -0.05) is 48.5 Å². The Morgan fingerprint density at radius 2 is 1.96 bits per heavy atom. The molecule has 1 unspecified atom stereocenters. The smallest absolute Gasteiger partial charge is 0.307 e. The van der Waals surface area contributed by atoms with Crippen molar-refractivity contribution in [1.29, 1.82) is 0 Å². The lowest BCUT2D eigenvalue weighted by molar-refractivity contribution is -0.141. The molecule has 0 aliphatic carbocycles. The lowest BCUT2D eigenvalue weighted by Gasteiger charge is -2.21. The fraction of sp³-hybridized carbons (Fsp3) is 0.300. The molecule has 0 fully saturated rings. The minimum atomic E-state index is -0.409. The van der Waals surface area contributed by atoms with Crippen molar-refractivity contribution in [3.63, 3.8) is 0 Å². The van der Waals surface area contributed by atoms with Crippen molar-refractivity contribution in [2.24, 2.45) is 0 Å². The summed E-state index contributed by atoms with van der Waals surface area (Å²) in [6, 6.07) is 14.8. The van der Waals surface area contributed by atoms with Gasteiger partial charge < -0.3 is 15.4 Å². The molecule has 5 nitrogen and oxygen atoms in total. The van der Waals surface area contributed by atoms with Gasteiger partial charge in [0.25, 0.3) is 0 Å². The second kappa shape index (κ2) is 7.38. The van der Waals surface area contributed by atoms with Crippen LogP contribution in [0, 0.1) is 6.92 Å². The Labute approximate surface area is 147 Å². The summed E-state index contributed by atoms with van der Waals surface area (Å²) >= 11 is 0. The zero-order valence-electron chi connectivity index (χ0n) is 14.4. The number of ether oxygens (including phenoxy) is 1. The van der Waals surface area contributed by atoms with Crippen LogP contribution in [0.1, 0.15) is 29.2 Å². The van der Waals surface area contributed by atoms with Crippen molar-refractivity contribution in [2.45, 2.75) is 31.8 Å². The van der Waals surface area contributed by atoms with E-state index in [0.29, 0.717) is 6.42 Å². The number of esters is 1. The molecule has 130 valence electrons. The van der Waals surface area contributed by atoms with Gasteiger partial charge in [-0.15, -0.1) is 0 Å². The molecule has 2 aromatic rings. The van der Waals surface area contributed by atoms with Crippen LogP contribution < -0.4 is 10.6 Å². The molecule has 1 aliphatic heterocycles. The third-order valence-corrected chi connectivity index (χ3v) is 4.54. The predicted molar refractivity (Wildman–Crippen MR) is 96.3 cm³/mol. The number of rotatable bonds is 5. The number of fused-ring (bicyclic) bond motifs is 1. The first-order valence-corrected chi connectivity index (χ1v) is 8.35. The van der Waals surface area contributed by atoms with Gasteiger partial charge in [-0.3, -0.25) is 9.59 Å². The molecule has 1 amide bonds. The largest absolute Gasteiger partial charge is 0.469 e. The molecule has 3 rings (SSSR count). The Morgan fingerprint density at radius 1 is 1.20 bits per heavy atom. The Bertz CT molecular complexity index is 774. The van der Waals surface area contributed by atoms with Crippen LogP contribution in [0.4, 0.5) is 5.69 Å². The lowest BCUT2D eigenvalue weighted by Crippen LogP contribution is -2.41. The van der Waals surface area contributed by atoms with Crippen LogP contribution in [-0.2, 0) is 20.7 Å². The number of nitrogens with one attached hydrogen (secondary N) is 2. The first-order chi connectivity index (χ1) is 12.1. The zero-order chi connectivity index (χ0) is 17.8. The van der Waals surface area contributed by atoms with Crippen LogP contribution in [0.3, 0.4) is 0 Å². The molecule has 0 aromatic heterocycles. The SMILES string of the molecule is COC(=O)C[C@H](NC(=O)C1Cc2cccc(C)c2N1)c1ccccc1. The quantitative estimate of drug-likeness (QED) is 0.823. The molecule has 0 saturated carbocycles. The second-order valence-corrected chi connectivity index (χ2v) is 6.26. The van der Waals surface area contributed by atoms with Gasteiger partial charge in [0.05, 0.1) is 19.6 Å². The zero-order valence-corrected chi connectivity index (χ0v) is 14.4. The van der Waals surface area contributed by atoms with Crippen LogP contribution in [0.2, 0.25) is 0 Å². The van der Waals surface area contributed by atoms with Crippen LogP contribution in [0.25, 0.3) is 0 Å². The normalized spacial score (nSPS) is 16.5. The van der Waals surface area contributed by atoms with E-state index in [1.807, 2.05) is 55.5 Å². The monoisotopic (exact) mass is 338 g/mol. The number of para-hydroxylation sites is 1. The topological polar surface area (TPSA) is 67.4 Å². The predicted octanol–water partition coefficient (Wildman–Crippen LogP) is 2.75. The van der Waals surface area contributed by atoms with E-state index >= 15 is 0 Å². The summed E-state index contributed by atoms with van der Waals surface area (Å²) in [6.07, 6.45) is 0.744. The van der Waals surface area contributed by atoms with Crippen molar-refractivity contribution < 1.29 is 14.3 Å². The van der Waals surface area contributed by atoms with Crippen molar-refractivity contribution >= 4 is 17.6 Å². The Balaban J connectivity index is 1.73. The maximum absolute atomic E-state index is 12.8. The summed E-state index contributed by atoms with van der Waals surface area (Å²) in [4.78, 5) is 24.5. The number of hydrogen-bond acceptors (Lipinski definition) is 4. The Hall–Kier alpha value is -2.82.